The van der Waals surface area contributed by atoms with Gasteiger partial charge in [-0.1, -0.05) is 15.9 Å². The molecule has 0 saturated carbocycles. The molecule has 2 rings (SSSR count). The standard InChI is InChI=1S/C10H10BrN3OS/c1-14-9(12-13-10(14)16)7-4-3-6(11)5-8(7)15-2/h3-5H,1-2H3,(H,13,16). The van der Waals surface area contributed by atoms with Crippen LogP contribution in [0.4, 0.5) is 0 Å². The minimum atomic E-state index is 0.583. The summed E-state index contributed by atoms with van der Waals surface area (Å²) in [6.45, 7) is 0. The second kappa shape index (κ2) is 4.39. The highest BCUT2D eigenvalue weighted by Crippen LogP contribution is 2.30. The fourth-order valence-corrected chi connectivity index (χ4v) is 1.91. The van der Waals surface area contributed by atoms with E-state index in [1.807, 2.05) is 25.2 Å². The topological polar surface area (TPSA) is 42.8 Å². The molecule has 84 valence electrons. The molecule has 1 aromatic carbocycles. The number of nitrogens with zero attached hydrogens (tertiary/aromatic N) is 2. The zero-order chi connectivity index (χ0) is 11.7. The van der Waals surface area contributed by atoms with Crippen LogP contribution in [0.3, 0.4) is 0 Å². The summed E-state index contributed by atoms with van der Waals surface area (Å²) in [5.41, 5.74) is 0.903. The van der Waals surface area contributed by atoms with Crippen molar-refractivity contribution in [3.05, 3.63) is 27.4 Å². The minimum Gasteiger partial charge on any atom is -0.496 e. The molecular weight excluding hydrogens is 290 g/mol. The third-order valence-electron chi connectivity index (χ3n) is 2.28. The van der Waals surface area contributed by atoms with Crippen LogP contribution in [-0.2, 0) is 7.05 Å². The zero-order valence-electron chi connectivity index (χ0n) is 8.82. The van der Waals surface area contributed by atoms with Gasteiger partial charge in [0.15, 0.2) is 10.6 Å². The van der Waals surface area contributed by atoms with Crippen LogP contribution in [0.25, 0.3) is 11.4 Å². The first kappa shape index (κ1) is 11.3. The first-order valence-corrected chi connectivity index (χ1v) is 5.79. The van der Waals surface area contributed by atoms with E-state index in [0.29, 0.717) is 4.77 Å². The van der Waals surface area contributed by atoms with Gasteiger partial charge in [-0.2, -0.15) is 5.10 Å². The Balaban J connectivity index is 2.64. The number of benzene rings is 1. The van der Waals surface area contributed by atoms with Crippen molar-refractivity contribution >= 4 is 28.1 Å². The van der Waals surface area contributed by atoms with Crippen molar-refractivity contribution < 1.29 is 4.74 Å². The molecule has 1 N–H and O–H groups in total. The van der Waals surface area contributed by atoms with Crippen molar-refractivity contribution in [2.75, 3.05) is 7.11 Å². The number of halogens is 1. The van der Waals surface area contributed by atoms with E-state index in [4.69, 9.17) is 17.0 Å². The Kier molecular flexibility index (Phi) is 3.11. The number of nitrogens with one attached hydrogen (secondary N) is 1. The van der Waals surface area contributed by atoms with Crippen molar-refractivity contribution in [3.8, 4) is 17.1 Å². The summed E-state index contributed by atoms with van der Waals surface area (Å²) in [4.78, 5) is 0. The summed E-state index contributed by atoms with van der Waals surface area (Å²) in [5, 5.41) is 6.92. The van der Waals surface area contributed by atoms with Crippen molar-refractivity contribution in [2.45, 2.75) is 0 Å². The molecule has 1 aromatic heterocycles. The Labute approximate surface area is 106 Å². The molecule has 0 aliphatic rings. The smallest absolute Gasteiger partial charge is 0.195 e. The SMILES string of the molecule is COc1cc(Br)ccc1-c1n[nH]c(=S)n1C. The number of hydrogen-bond donors (Lipinski definition) is 1. The van der Waals surface area contributed by atoms with Gasteiger partial charge in [0.05, 0.1) is 12.7 Å². The van der Waals surface area contributed by atoms with Crippen LogP contribution in [0.5, 0.6) is 5.75 Å². The number of ether oxygens (including phenoxy) is 1. The highest BCUT2D eigenvalue weighted by Gasteiger charge is 2.11. The fraction of sp³-hybridized carbons (Fsp3) is 0.200. The molecule has 1 heterocycles. The van der Waals surface area contributed by atoms with Crippen LogP contribution in [0.2, 0.25) is 0 Å². The molecule has 0 spiro atoms. The Morgan fingerprint density at radius 1 is 1.50 bits per heavy atom. The summed E-state index contributed by atoms with van der Waals surface area (Å²) in [5.74, 6) is 1.51. The summed E-state index contributed by atoms with van der Waals surface area (Å²) < 4.78 is 8.67. The molecule has 0 unspecified atom stereocenters. The summed E-state index contributed by atoms with van der Waals surface area (Å²) in [7, 11) is 3.50. The molecule has 0 aliphatic carbocycles. The van der Waals surface area contributed by atoms with Gasteiger partial charge in [-0.05, 0) is 30.4 Å². The van der Waals surface area contributed by atoms with E-state index < -0.39 is 0 Å². The average molecular weight is 300 g/mol. The summed E-state index contributed by atoms with van der Waals surface area (Å²) in [6.07, 6.45) is 0. The first-order valence-electron chi connectivity index (χ1n) is 4.59. The second-order valence-corrected chi connectivity index (χ2v) is 4.56. The highest BCUT2D eigenvalue weighted by molar-refractivity contribution is 9.10. The maximum Gasteiger partial charge on any atom is 0.195 e. The molecule has 0 aliphatic heterocycles. The van der Waals surface area contributed by atoms with Gasteiger partial charge in [0.25, 0.3) is 0 Å². The summed E-state index contributed by atoms with van der Waals surface area (Å²) in [6, 6.07) is 5.77. The first-order chi connectivity index (χ1) is 7.63. The molecule has 0 atom stereocenters. The molecule has 0 saturated heterocycles. The number of methoxy groups -OCH3 is 1. The number of aromatic amines is 1. The van der Waals surface area contributed by atoms with E-state index in [1.165, 1.54) is 0 Å². The Hall–Kier alpha value is -1.14. The lowest BCUT2D eigenvalue weighted by atomic mass is 10.2. The predicted molar refractivity (Wildman–Crippen MR) is 68.1 cm³/mol. The van der Waals surface area contributed by atoms with E-state index in [-0.39, 0.29) is 0 Å². The van der Waals surface area contributed by atoms with Gasteiger partial charge < -0.3 is 9.30 Å². The van der Waals surface area contributed by atoms with E-state index in [2.05, 4.69) is 26.1 Å². The molecule has 0 bridgehead atoms. The maximum absolute atomic E-state index is 5.31. The lowest BCUT2D eigenvalue weighted by molar-refractivity contribution is 0.415. The van der Waals surface area contributed by atoms with Crippen molar-refractivity contribution in [2.24, 2.45) is 7.05 Å². The monoisotopic (exact) mass is 299 g/mol. The normalized spacial score (nSPS) is 10.4. The Morgan fingerprint density at radius 2 is 2.25 bits per heavy atom. The third-order valence-corrected chi connectivity index (χ3v) is 3.14. The quantitative estimate of drug-likeness (QED) is 0.867. The predicted octanol–water partition coefficient (Wildman–Crippen LogP) is 2.92. The van der Waals surface area contributed by atoms with Crippen LogP contribution < -0.4 is 4.74 Å². The molecule has 6 heteroatoms. The third kappa shape index (κ3) is 1.90. The minimum absolute atomic E-state index is 0.583. The van der Waals surface area contributed by atoms with E-state index in [9.17, 15) is 0 Å². The van der Waals surface area contributed by atoms with Crippen molar-refractivity contribution in [1.29, 1.82) is 0 Å². The van der Waals surface area contributed by atoms with Gasteiger partial charge in [0, 0.05) is 11.5 Å². The second-order valence-electron chi connectivity index (χ2n) is 3.26. The molecule has 0 fully saturated rings. The largest absolute Gasteiger partial charge is 0.496 e. The molecule has 2 aromatic rings. The number of rotatable bonds is 2. The van der Waals surface area contributed by atoms with E-state index in [0.717, 1.165) is 21.6 Å². The highest BCUT2D eigenvalue weighted by atomic mass is 79.9. The average Bonchev–Trinajstić information content (AvgIpc) is 2.60. The molecule has 4 nitrogen and oxygen atoms in total. The molecule has 16 heavy (non-hydrogen) atoms. The summed E-state index contributed by atoms with van der Waals surface area (Å²) >= 11 is 8.47. The van der Waals surface area contributed by atoms with Gasteiger partial charge in [0.1, 0.15) is 5.75 Å². The van der Waals surface area contributed by atoms with Crippen LogP contribution in [0.15, 0.2) is 22.7 Å². The lowest BCUT2D eigenvalue weighted by Crippen LogP contribution is -1.95. The van der Waals surface area contributed by atoms with E-state index in [1.54, 1.807) is 11.7 Å². The van der Waals surface area contributed by atoms with Gasteiger partial charge >= 0.3 is 0 Å². The number of H-pyrrole nitrogens is 1. The van der Waals surface area contributed by atoms with Gasteiger partial charge in [-0.25, -0.2) is 0 Å². The van der Waals surface area contributed by atoms with Crippen LogP contribution >= 0.6 is 28.1 Å². The molecular formula is C10H10BrN3OS. The van der Waals surface area contributed by atoms with Crippen LogP contribution in [-0.4, -0.2) is 21.9 Å². The number of hydrogen-bond acceptors (Lipinski definition) is 3. The van der Waals surface area contributed by atoms with Gasteiger partial charge in [-0.15, -0.1) is 0 Å². The van der Waals surface area contributed by atoms with E-state index >= 15 is 0 Å². The lowest BCUT2D eigenvalue weighted by Gasteiger charge is -2.07. The van der Waals surface area contributed by atoms with Crippen LogP contribution in [0.1, 0.15) is 0 Å². The zero-order valence-corrected chi connectivity index (χ0v) is 11.2. The Morgan fingerprint density at radius 3 is 2.81 bits per heavy atom. The van der Waals surface area contributed by atoms with Gasteiger partial charge in [0.2, 0.25) is 0 Å². The van der Waals surface area contributed by atoms with Crippen LogP contribution in [0, 0.1) is 4.77 Å². The molecule has 0 radical (unpaired) electrons. The maximum atomic E-state index is 5.31. The fourth-order valence-electron chi connectivity index (χ4n) is 1.44. The molecule has 0 amide bonds. The van der Waals surface area contributed by atoms with Crippen molar-refractivity contribution in [1.82, 2.24) is 14.8 Å². The Bertz CT molecular complexity index is 576. The van der Waals surface area contributed by atoms with Gasteiger partial charge in [-0.3, -0.25) is 5.10 Å². The number of aromatic nitrogens is 3. The van der Waals surface area contributed by atoms with Crippen molar-refractivity contribution in [3.63, 3.8) is 0 Å².